The fraction of sp³-hybridized carbons (Fsp3) is 0.364. The average Bonchev–Trinajstić information content (AvgIpc) is 2.29. The molecule has 0 aromatic heterocycles. The number of alkyl halides is 1. The Hall–Kier alpha value is -1.57. The average molecular weight is 337 g/mol. The van der Waals surface area contributed by atoms with Crippen molar-refractivity contribution in [2.75, 3.05) is 13.6 Å². The number of nitro groups is 1. The molecule has 19 heavy (non-hydrogen) atoms. The number of carbonyl (C=O) groups excluding carboxylic acids is 1. The molecule has 8 heteroatoms. The van der Waals surface area contributed by atoms with Gasteiger partial charge >= 0.3 is 0 Å². The monoisotopic (exact) mass is 336 g/mol. The maximum Gasteiger partial charge on any atom is 0.285 e. The summed E-state index contributed by atoms with van der Waals surface area (Å²) >= 11 is 3.23. The summed E-state index contributed by atoms with van der Waals surface area (Å²) in [4.78, 5) is 23.0. The van der Waals surface area contributed by atoms with Crippen molar-refractivity contribution < 1.29 is 18.5 Å². The SMILES string of the molecule is CC(Br)CN(C)C(=O)c1cc(F)c(F)cc1[N+](=O)[O-]. The van der Waals surface area contributed by atoms with Crippen molar-refractivity contribution in [1.82, 2.24) is 4.90 Å². The molecule has 0 aliphatic carbocycles. The van der Waals surface area contributed by atoms with Gasteiger partial charge in [-0.2, -0.15) is 0 Å². The van der Waals surface area contributed by atoms with E-state index >= 15 is 0 Å². The van der Waals surface area contributed by atoms with Crippen molar-refractivity contribution in [2.45, 2.75) is 11.8 Å². The highest BCUT2D eigenvalue weighted by Gasteiger charge is 2.26. The predicted molar refractivity (Wildman–Crippen MR) is 68.4 cm³/mol. The number of hydrogen-bond acceptors (Lipinski definition) is 3. The van der Waals surface area contributed by atoms with E-state index in [1.54, 1.807) is 6.92 Å². The Morgan fingerprint density at radius 1 is 1.47 bits per heavy atom. The molecule has 0 aliphatic heterocycles. The van der Waals surface area contributed by atoms with Crippen LogP contribution in [0.25, 0.3) is 0 Å². The van der Waals surface area contributed by atoms with Gasteiger partial charge in [-0.3, -0.25) is 14.9 Å². The molecule has 0 radical (unpaired) electrons. The van der Waals surface area contributed by atoms with Crippen LogP contribution >= 0.6 is 15.9 Å². The Balaban J connectivity index is 3.21. The van der Waals surface area contributed by atoms with Crippen LogP contribution in [0.1, 0.15) is 17.3 Å². The van der Waals surface area contributed by atoms with Gasteiger partial charge in [0.15, 0.2) is 11.6 Å². The normalized spacial score (nSPS) is 12.1. The molecule has 0 fully saturated rings. The van der Waals surface area contributed by atoms with E-state index in [-0.39, 0.29) is 11.4 Å². The number of nitrogens with zero attached hydrogens (tertiary/aromatic N) is 2. The first-order valence-electron chi connectivity index (χ1n) is 5.27. The van der Waals surface area contributed by atoms with Crippen molar-refractivity contribution >= 4 is 27.5 Å². The molecule has 0 bridgehead atoms. The van der Waals surface area contributed by atoms with Crippen LogP contribution in [0.4, 0.5) is 14.5 Å². The number of hydrogen-bond donors (Lipinski definition) is 0. The van der Waals surface area contributed by atoms with Gasteiger partial charge < -0.3 is 4.90 Å². The Bertz CT molecular complexity index is 523. The minimum atomic E-state index is -1.36. The molecule has 104 valence electrons. The lowest BCUT2D eigenvalue weighted by Gasteiger charge is -2.18. The van der Waals surface area contributed by atoms with E-state index in [9.17, 15) is 23.7 Å². The van der Waals surface area contributed by atoms with Crippen LogP contribution < -0.4 is 0 Å². The zero-order valence-corrected chi connectivity index (χ0v) is 11.8. The largest absolute Gasteiger partial charge is 0.340 e. The van der Waals surface area contributed by atoms with Crippen LogP contribution in [-0.2, 0) is 0 Å². The molecule has 1 aromatic rings. The molecule has 0 aliphatic rings. The van der Waals surface area contributed by atoms with E-state index in [0.29, 0.717) is 12.1 Å². The molecular formula is C11H11BrF2N2O3. The maximum atomic E-state index is 13.1. The lowest BCUT2D eigenvalue weighted by molar-refractivity contribution is -0.385. The van der Waals surface area contributed by atoms with Gasteiger partial charge in [0.2, 0.25) is 0 Å². The van der Waals surface area contributed by atoms with Crippen molar-refractivity contribution in [3.63, 3.8) is 0 Å². The van der Waals surface area contributed by atoms with Crippen LogP contribution in [0.2, 0.25) is 0 Å². The zero-order chi connectivity index (χ0) is 14.7. The van der Waals surface area contributed by atoms with Gasteiger partial charge in [-0.05, 0) is 6.07 Å². The molecule has 1 unspecified atom stereocenters. The number of benzene rings is 1. The number of nitro benzene ring substituents is 1. The van der Waals surface area contributed by atoms with Crippen molar-refractivity contribution in [1.29, 1.82) is 0 Å². The van der Waals surface area contributed by atoms with E-state index in [0.717, 1.165) is 0 Å². The number of halogens is 3. The van der Waals surface area contributed by atoms with Gasteiger partial charge in [-0.25, -0.2) is 8.78 Å². The fourth-order valence-corrected chi connectivity index (χ4v) is 1.96. The van der Waals surface area contributed by atoms with Crippen molar-refractivity contribution in [2.24, 2.45) is 0 Å². The van der Waals surface area contributed by atoms with Gasteiger partial charge in [0.1, 0.15) is 5.56 Å². The Labute approximate surface area is 116 Å². The fourth-order valence-electron chi connectivity index (χ4n) is 1.52. The van der Waals surface area contributed by atoms with Crippen molar-refractivity contribution in [3.05, 3.63) is 39.4 Å². The summed E-state index contributed by atoms with van der Waals surface area (Å²) in [5, 5.41) is 10.8. The molecular weight excluding hydrogens is 326 g/mol. The molecule has 0 saturated heterocycles. The first-order chi connectivity index (χ1) is 8.73. The van der Waals surface area contributed by atoms with Crippen LogP contribution in [-0.4, -0.2) is 34.2 Å². The number of amides is 1. The second-order valence-corrected chi connectivity index (χ2v) is 5.57. The zero-order valence-electron chi connectivity index (χ0n) is 10.2. The third-order valence-electron chi connectivity index (χ3n) is 2.34. The second kappa shape index (κ2) is 6.05. The molecule has 0 N–H and O–H groups in total. The third-order valence-corrected chi connectivity index (χ3v) is 2.63. The first-order valence-corrected chi connectivity index (χ1v) is 6.18. The van der Waals surface area contributed by atoms with E-state index in [1.807, 2.05) is 0 Å². The summed E-state index contributed by atoms with van der Waals surface area (Å²) < 4.78 is 26.1. The molecule has 0 heterocycles. The third kappa shape index (κ3) is 3.69. The smallest absolute Gasteiger partial charge is 0.285 e. The molecule has 0 saturated carbocycles. The Kier molecular flexibility index (Phi) is 4.93. The van der Waals surface area contributed by atoms with Gasteiger partial charge in [-0.15, -0.1) is 0 Å². The van der Waals surface area contributed by atoms with Gasteiger partial charge in [0, 0.05) is 18.4 Å². The van der Waals surface area contributed by atoms with Gasteiger partial charge in [-0.1, -0.05) is 22.9 Å². The molecule has 1 amide bonds. The highest BCUT2D eigenvalue weighted by atomic mass is 79.9. The quantitative estimate of drug-likeness (QED) is 0.482. The number of carbonyl (C=O) groups is 1. The minimum absolute atomic E-state index is 0.0363. The Morgan fingerprint density at radius 2 is 2.00 bits per heavy atom. The summed E-state index contributed by atoms with van der Waals surface area (Å²) in [6, 6.07) is 0.958. The van der Waals surface area contributed by atoms with Gasteiger partial charge in [0.05, 0.1) is 11.0 Å². The maximum absolute atomic E-state index is 13.1. The van der Waals surface area contributed by atoms with Crippen LogP contribution in [0.15, 0.2) is 12.1 Å². The lowest BCUT2D eigenvalue weighted by Crippen LogP contribution is -2.31. The summed E-state index contributed by atoms with van der Waals surface area (Å²) in [5.74, 6) is -3.40. The molecule has 0 spiro atoms. The first kappa shape index (κ1) is 15.5. The second-order valence-electron chi connectivity index (χ2n) is 4.01. The van der Waals surface area contributed by atoms with Crippen LogP contribution in [0, 0.1) is 21.7 Å². The highest BCUT2D eigenvalue weighted by Crippen LogP contribution is 2.23. The molecule has 1 rings (SSSR count). The predicted octanol–water partition coefficient (Wildman–Crippen LogP) is 2.73. The molecule has 1 atom stereocenters. The lowest BCUT2D eigenvalue weighted by atomic mass is 10.1. The summed E-state index contributed by atoms with van der Waals surface area (Å²) in [7, 11) is 1.42. The van der Waals surface area contributed by atoms with E-state index in [4.69, 9.17) is 0 Å². The summed E-state index contributed by atoms with van der Waals surface area (Å²) in [6.45, 7) is 2.05. The highest BCUT2D eigenvalue weighted by molar-refractivity contribution is 9.09. The molecule has 1 aromatic carbocycles. The Morgan fingerprint density at radius 3 is 2.47 bits per heavy atom. The van der Waals surface area contributed by atoms with E-state index < -0.39 is 33.7 Å². The van der Waals surface area contributed by atoms with Crippen LogP contribution in [0.3, 0.4) is 0 Å². The summed E-state index contributed by atoms with van der Waals surface area (Å²) in [5.41, 5.74) is -1.22. The van der Waals surface area contributed by atoms with Crippen LogP contribution in [0.5, 0.6) is 0 Å². The van der Waals surface area contributed by atoms with E-state index in [2.05, 4.69) is 15.9 Å². The van der Waals surface area contributed by atoms with Crippen molar-refractivity contribution in [3.8, 4) is 0 Å². The standard InChI is InChI=1S/C11H11BrF2N2O3/c1-6(12)5-15(2)11(17)7-3-8(13)9(14)4-10(7)16(18)19/h3-4,6H,5H2,1-2H3. The number of rotatable bonds is 4. The molecule has 5 nitrogen and oxygen atoms in total. The summed E-state index contributed by atoms with van der Waals surface area (Å²) in [6.07, 6.45) is 0. The topological polar surface area (TPSA) is 63.5 Å². The minimum Gasteiger partial charge on any atom is -0.340 e. The van der Waals surface area contributed by atoms with Gasteiger partial charge in [0.25, 0.3) is 11.6 Å². The van der Waals surface area contributed by atoms with E-state index in [1.165, 1.54) is 11.9 Å².